The predicted molar refractivity (Wildman–Crippen MR) is 102 cm³/mol. The molecular weight excluding hydrogens is 348 g/mol. The van der Waals surface area contributed by atoms with Gasteiger partial charge < -0.3 is 9.64 Å². The summed E-state index contributed by atoms with van der Waals surface area (Å²) in [5.41, 5.74) is 2.60. The number of nitrogens with zero attached hydrogens (tertiary/aromatic N) is 1. The van der Waals surface area contributed by atoms with E-state index in [4.69, 9.17) is 4.74 Å². The molecule has 0 radical (unpaired) electrons. The van der Waals surface area contributed by atoms with Crippen LogP contribution in [0, 0.1) is 5.82 Å². The lowest BCUT2D eigenvalue weighted by molar-refractivity contribution is -0.132. The zero-order chi connectivity index (χ0) is 19.8. The number of ether oxygens (including phenoxy) is 1. The van der Waals surface area contributed by atoms with Crippen LogP contribution in [0.3, 0.4) is 0 Å². The number of alkyl halides is 1. The van der Waals surface area contributed by atoms with Crippen LogP contribution in [0.5, 0.6) is 0 Å². The number of benzene rings is 2. The summed E-state index contributed by atoms with van der Waals surface area (Å²) in [5.74, 6) is 0.404. The van der Waals surface area contributed by atoms with Crippen LogP contribution in [0.1, 0.15) is 37.4 Å². The largest absolute Gasteiger partial charge is 0.501 e. The Hall–Kier alpha value is -2.69. The zero-order valence-corrected chi connectivity index (χ0v) is 15.9. The van der Waals surface area contributed by atoms with E-state index < -0.39 is 0 Å². The first-order chi connectivity index (χ1) is 13.0. The number of methoxy groups -OCH3 is 1. The van der Waals surface area contributed by atoms with Crippen LogP contribution in [0.4, 0.5) is 8.78 Å². The predicted octanol–water partition coefficient (Wildman–Crippen LogP) is 5.20. The first kappa shape index (κ1) is 20.6. The highest BCUT2D eigenvalue weighted by Crippen LogP contribution is 2.36. The molecule has 5 heteroatoms. The van der Waals surface area contributed by atoms with Crippen molar-refractivity contribution in [2.45, 2.75) is 32.9 Å². The van der Waals surface area contributed by atoms with Gasteiger partial charge in [0.1, 0.15) is 11.6 Å². The fourth-order valence-corrected chi connectivity index (χ4v) is 3.09. The number of hydrogen-bond acceptors (Lipinski definition) is 2. The third-order valence-corrected chi connectivity index (χ3v) is 4.45. The molecule has 1 aliphatic rings. The number of carbonyl (C=O) groups excluding carboxylic acids is 1. The summed E-state index contributed by atoms with van der Waals surface area (Å²) in [6, 6.07) is 16.1. The van der Waals surface area contributed by atoms with Gasteiger partial charge in [-0.25, -0.2) is 4.39 Å². The summed E-state index contributed by atoms with van der Waals surface area (Å²) in [5, 5.41) is 0. The van der Waals surface area contributed by atoms with Gasteiger partial charge in [0.25, 0.3) is 5.91 Å². The topological polar surface area (TPSA) is 29.5 Å². The average Bonchev–Trinajstić information content (AvgIpc) is 2.69. The van der Waals surface area contributed by atoms with Gasteiger partial charge in [-0.05, 0) is 37.1 Å². The number of hydrogen-bond donors (Lipinski definition) is 0. The quantitative estimate of drug-likeness (QED) is 0.738. The summed E-state index contributed by atoms with van der Waals surface area (Å²) < 4.78 is 28.9. The molecule has 0 spiro atoms. The lowest BCUT2D eigenvalue weighted by Crippen LogP contribution is -2.39. The second kappa shape index (κ2) is 9.86. The number of amides is 1. The Bertz CT molecular complexity index is 773. The molecule has 0 aliphatic carbocycles. The van der Waals surface area contributed by atoms with Gasteiger partial charge in [-0.1, -0.05) is 42.5 Å². The summed E-state index contributed by atoms with van der Waals surface area (Å²) in [6.07, 6.45) is 0.638. The Morgan fingerprint density at radius 2 is 1.70 bits per heavy atom. The molecule has 1 heterocycles. The van der Waals surface area contributed by atoms with E-state index in [1.807, 2.05) is 35.2 Å². The van der Waals surface area contributed by atoms with Crippen molar-refractivity contribution in [1.29, 1.82) is 0 Å². The van der Waals surface area contributed by atoms with E-state index >= 15 is 0 Å². The molecule has 0 saturated heterocycles. The molecule has 144 valence electrons. The molecule has 3 nitrogen and oxygen atoms in total. The Kier molecular flexibility index (Phi) is 7.53. The van der Waals surface area contributed by atoms with E-state index in [1.165, 1.54) is 19.1 Å². The zero-order valence-electron chi connectivity index (χ0n) is 15.9. The third-order valence-electron chi connectivity index (χ3n) is 4.45. The SMILES string of the molecule is CCF.COC1=C(C)C(=O)N(Cc2ccc(F)cc2)C(c2ccccc2)C1. The maximum Gasteiger partial charge on any atom is 0.253 e. The lowest BCUT2D eigenvalue weighted by atomic mass is 9.94. The van der Waals surface area contributed by atoms with Gasteiger partial charge in [-0.3, -0.25) is 9.18 Å². The van der Waals surface area contributed by atoms with Gasteiger partial charge >= 0.3 is 0 Å². The molecule has 0 N–H and O–H groups in total. The van der Waals surface area contributed by atoms with E-state index in [0.717, 1.165) is 16.9 Å². The second-order valence-corrected chi connectivity index (χ2v) is 6.21. The second-order valence-electron chi connectivity index (χ2n) is 6.21. The fourth-order valence-electron chi connectivity index (χ4n) is 3.09. The van der Waals surface area contributed by atoms with Crippen molar-refractivity contribution in [2.24, 2.45) is 0 Å². The van der Waals surface area contributed by atoms with Gasteiger partial charge in [-0.2, -0.15) is 0 Å². The molecule has 3 rings (SSSR count). The van der Waals surface area contributed by atoms with Gasteiger partial charge in [0.2, 0.25) is 0 Å². The maximum atomic E-state index is 13.1. The van der Waals surface area contributed by atoms with Gasteiger partial charge in [0.15, 0.2) is 0 Å². The van der Waals surface area contributed by atoms with Crippen molar-refractivity contribution < 1.29 is 18.3 Å². The first-order valence-electron chi connectivity index (χ1n) is 8.91. The standard InChI is InChI=1S/C20H20FNO2.C2H5F/c1-14-19(24-2)12-18(16-6-4-3-5-7-16)22(20(14)23)13-15-8-10-17(21)11-9-15;1-2-3/h3-11,18H,12-13H2,1-2H3;2H2,1H3. The molecular formula is C22H25F2NO2. The molecule has 2 aromatic carbocycles. The lowest BCUT2D eigenvalue weighted by Gasteiger charge is -2.37. The summed E-state index contributed by atoms with van der Waals surface area (Å²) in [7, 11) is 1.60. The number of halogens is 2. The molecule has 1 atom stereocenters. The molecule has 1 amide bonds. The molecule has 27 heavy (non-hydrogen) atoms. The normalized spacial score (nSPS) is 16.7. The highest BCUT2D eigenvalue weighted by Gasteiger charge is 2.33. The van der Waals surface area contributed by atoms with E-state index in [9.17, 15) is 13.6 Å². The average molecular weight is 373 g/mol. The Balaban J connectivity index is 0.000000817. The van der Waals surface area contributed by atoms with E-state index in [0.29, 0.717) is 18.5 Å². The highest BCUT2D eigenvalue weighted by atomic mass is 19.1. The van der Waals surface area contributed by atoms with Crippen molar-refractivity contribution in [3.63, 3.8) is 0 Å². The van der Waals surface area contributed by atoms with Crippen molar-refractivity contribution in [1.82, 2.24) is 4.90 Å². The summed E-state index contributed by atoms with van der Waals surface area (Å²) in [4.78, 5) is 14.7. The van der Waals surface area contributed by atoms with Crippen molar-refractivity contribution >= 4 is 5.91 Å². The van der Waals surface area contributed by atoms with E-state index in [-0.39, 0.29) is 24.4 Å². The molecule has 1 unspecified atom stereocenters. The summed E-state index contributed by atoms with van der Waals surface area (Å²) >= 11 is 0. The highest BCUT2D eigenvalue weighted by molar-refractivity contribution is 5.94. The Labute approximate surface area is 159 Å². The van der Waals surface area contributed by atoms with Crippen LogP contribution in [0.2, 0.25) is 0 Å². The minimum atomic E-state index is -0.277. The van der Waals surface area contributed by atoms with Crippen LogP contribution in [0.15, 0.2) is 65.9 Å². The smallest absolute Gasteiger partial charge is 0.253 e. The van der Waals surface area contributed by atoms with Crippen LogP contribution in [-0.2, 0) is 16.1 Å². The van der Waals surface area contributed by atoms with Crippen LogP contribution >= 0.6 is 0 Å². The van der Waals surface area contributed by atoms with Crippen molar-refractivity contribution in [2.75, 3.05) is 13.8 Å². The first-order valence-corrected chi connectivity index (χ1v) is 8.91. The molecule has 0 fully saturated rings. The minimum absolute atomic E-state index is 0.0451. The molecule has 1 aliphatic heterocycles. The molecule has 2 aromatic rings. The van der Waals surface area contributed by atoms with Crippen LogP contribution in [0.25, 0.3) is 0 Å². The minimum Gasteiger partial charge on any atom is -0.501 e. The van der Waals surface area contributed by atoms with Crippen LogP contribution in [-0.4, -0.2) is 24.6 Å². The van der Waals surface area contributed by atoms with E-state index in [2.05, 4.69) is 0 Å². The van der Waals surface area contributed by atoms with Gasteiger partial charge in [-0.15, -0.1) is 0 Å². The third kappa shape index (κ3) is 5.16. The van der Waals surface area contributed by atoms with Crippen molar-refractivity contribution in [3.8, 4) is 0 Å². The molecule has 0 bridgehead atoms. The van der Waals surface area contributed by atoms with Gasteiger partial charge in [0.05, 0.1) is 25.4 Å². The number of carbonyl (C=O) groups is 1. The maximum absolute atomic E-state index is 13.1. The monoisotopic (exact) mass is 373 g/mol. The summed E-state index contributed by atoms with van der Waals surface area (Å²) in [6.45, 7) is 3.44. The Morgan fingerprint density at radius 1 is 1.11 bits per heavy atom. The van der Waals surface area contributed by atoms with Gasteiger partial charge in [0, 0.05) is 13.0 Å². The van der Waals surface area contributed by atoms with E-state index in [1.54, 1.807) is 26.2 Å². The molecule has 0 saturated carbocycles. The number of rotatable bonds is 4. The molecule has 0 aromatic heterocycles. The van der Waals surface area contributed by atoms with Crippen LogP contribution < -0.4 is 0 Å². The Morgan fingerprint density at radius 3 is 2.26 bits per heavy atom. The van der Waals surface area contributed by atoms with Crippen molar-refractivity contribution in [3.05, 3.63) is 82.9 Å². The fraction of sp³-hybridized carbons (Fsp3) is 0.318.